The molecule has 2 amide bonds. The van der Waals surface area contributed by atoms with Crippen LogP contribution in [0.2, 0.25) is 0 Å². The summed E-state index contributed by atoms with van der Waals surface area (Å²) in [5.41, 5.74) is 3.05. The second kappa shape index (κ2) is 14.1. The predicted molar refractivity (Wildman–Crippen MR) is 181 cm³/mol. The van der Waals surface area contributed by atoms with Crippen LogP contribution in [0.1, 0.15) is 87.2 Å². The van der Waals surface area contributed by atoms with Gasteiger partial charge in [0.05, 0.1) is 0 Å². The molecule has 1 aliphatic rings. The first kappa shape index (κ1) is 33.8. The van der Waals surface area contributed by atoms with Crippen molar-refractivity contribution in [3.8, 4) is 17.6 Å². The van der Waals surface area contributed by atoms with Crippen molar-refractivity contribution in [2.75, 3.05) is 0 Å². The quantitative estimate of drug-likeness (QED) is 0.201. The molecule has 4 bridgehead atoms. The first-order valence-electron chi connectivity index (χ1n) is 15.8. The topological polar surface area (TPSA) is 147 Å². The number of carbonyl (C=O) groups excluding carboxylic acids is 2. The van der Waals surface area contributed by atoms with Gasteiger partial charge in [-0.05, 0) is 68.5 Å². The number of alkyl carbamates (subject to hydrolysis) is 1. The molecular weight excluding hydrogens is 608 g/mol. The van der Waals surface area contributed by atoms with E-state index in [1.54, 1.807) is 45.0 Å². The van der Waals surface area contributed by atoms with Crippen molar-refractivity contribution < 1.29 is 28.6 Å². The van der Waals surface area contributed by atoms with Gasteiger partial charge in [-0.1, -0.05) is 68.4 Å². The van der Waals surface area contributed by atoms with Crippen molar-refractivity contribution in [3.05, 3.63) is 112 Å². The number of aromatic nitrogens is 1. The van der Waals surface area contributed by atoms with Crippen LogP contribution in [-0.2, 0) is 22.6 Å². The number of oxazole rings is 1. The summed E-state index contributed by atoms with van der Waals surface area (Å²) >= 11 is 0. The van der Waals surface area contributed by atoms with Crippen LogP contribution >= 0.6 is 0 Å². The van der Waals surface area contributed by atoms with Gasteiger partial charge in [0.1, 0.15) is 41.9 Å². The summed E-state index contributed by atoms with van der Waals surface area (Å²) < 4.78 is 18.3. The minimum Gasteiger partial charge on any atom is -0.507 e. The predicted octanol–water partition coefficient (Wildman–Crippen LogP) is 7.07. The van der Waals surface area contributed by atoms with Gasteiger partial charge in [0.25, 0.3) is 0 Å². The van der Waals surface area contributed by atoms with E-state index in [9.17, 15) is 20.0 Å². The zero-order valence-electron chi connectivity index (χ0n) is 28.0. The fraction of sp³-hybridized carbons (Fsp3) is 0.316. The van der Waals surface area contributed by atoms with Gasteiger partial charge < -0.3 is 29.6 Å². The fourth-order valence-electron chi connectivity index (χ4n) is 5.55. The van der Waals surface area contributed by atoms with E-state index < -0.39 is 29.7 Å². The number of allylic oxidation sites excluding steroid dienone is 1. The van der Waals surface area contributed by atoms with Gasteiger partial charge in [0.15, 0.2) is 11.5 Å². The van der Waals surface area contributed by atoms with Crippen molar-refractivity contribution >= 4 is 23.1 Å². The molecule has 0 spiro atoms. The number of rotatable bonds is 6. The average Bonchev–Trinajstić information content (AvgIpc) is 3.46. The molecule has 0 fully saturated rings. The Bertz CT molecular complexity index is 1880. The third kappa shape index (κ3) is 7.69. The summed E-state index contributed by atoms with van der Waals surface area (Å²) in [6.45, 7) is 11.2. The third-order valence-electron chi connectivity index (χ3n) is 7.89. The minimum absolute atomic E-state index is 0.00843. The van der Waals surface area contributed by atoms with Crippen LogP contribution in [0.15, 0.2) is 77.2 Å². The highest BCUT2D eigenvalue weighted by molar-refractivity contribution is 6.00. The number of fused-ring (bicyclic) bond motifs is 4. The number of carbonyl (C=O) groups is 2. The Morgan fingerprint density at radius 3 is 2.48 bits per heavy atom. The van der Waals surface area contributed by atoms with Crippen LogP contribution in [0.3, 0.4) is 0 Å². The first-order chi connectivity index (χ1) is 22.8. The minimum atomic E-state index is -1.03. The SMILES string of the molecule is C/C1=C(/c2ccccc2O)c2oc(nc2C#N)[C@H](C(C)C)NC(=O)[C@@H](NC(=O)OC(C)(C)C)Cc2ccc(OCc3ccccc3)c1c2. The number of hydrogen-bond donors (Lipinski definition) is 3. The van der Waals surface area contributed by atoms with E-state index in [0.717, 1.165) is 11.1 Å². The lowest BCUT2D eigenvalue weighted by Crippen LogP contribution is -2.50. The number of nitrogens with zero attached hydrogens (tertiary/aromatic N) is 2. The average molecular weight is 649 g/mol. The van der Waals surface area contributed by atoms with E-state index in [4.69, 9.17) is 13.9 Å². The molecule has 0 unspecified atom stereocenters. The normalized spacial score (nSPS) is 18.1. The molecule has 3 aromatic carbocycles. The van der Waals surface area contributed by atoms with E-state index in [2.05, 4.69) is 21.7 Å². The molecule has 0 radical (unpaired) electrons. The van der Waals surface area contributed by atoms with Gasteiger partial charge in [0.2, 0.25) is 11.8 Å². The number of nitriles is 1. The largest absolute Gasteiger partial charge is 0.507 e. The van der Waals surface area contributed by atoms with E-state index in [-0.39, 0.29) is 42.0 Å². The number of ether oxygens (including phenoxy) is 2. The van der Waals surface area contributed by atoms with Gasteiger partial charge in [-0.3, -0.25) is 4.79 Å². The van der Waals surface area contributed by atoms with Crippen LogP contribution in [0.4, 0.5) is 4.79 Å². The Morgan fingerprint density at radius 2 is 1.81 bits per heavy atom. The summed E-state index contributed by atoms with van der Waals surface area (Å²) in [5.74, 6) is 0.0887. The highest BCUT2D eigenvalue weighted by atomic mass is 16.6. The van der Waals surface area contributed by atoms with Crippen LogP contribution < -0.4 is 15.4 Å². The lowest BCUT2D eigenvalue weighted by atomic mass is 9.90. The number of hydrogen-bond acceptors (Lipinski definition) is 8. The Morgan fingerprint density at radius 1 is 1.10 bits per heavy atom. The smallest absolute Gasteiger partial charge is 0.408 e. The number of nitrogens with one attached hydrogen (secondary N) is 2. The van der Waals surface area contributed by atoms with Crippen molar-refractivity contribution in [1.82, 2.24) is 15.6 Å². The molecule has 4 aromatic rings. The summed E-state index contributed by atoms with van der Waals surface area (Å²) in [6.07, 6.45) is -0.611. The summed E-state index contributed by atoms with van der Waals surface area (Å²) in [7, 11) is 0. The van der Waals surface area contributed by atoms with Crippen LogP contribution in [0.25, 0.3) is 11.1 Å². The zero-order valence-corrected chi connectivity index (χ0v) is 28.0. The highest BCUT2D eigenvalue weighted by Crippen LogP contribution is 2.42. The van der Waals surface area contributed by atoms with Crippen LogP contribution in [0, 0.1) is 17.2 Å². The Labute approximate surface area is 280 Å². The molecule has 1 aliphatic heterocycles. The van der Waals surface area contributed by atoms with Crippen LogP contribution in [0.5, 0.6) is 11.5 Å². The van der Waals surface area contributed by atoms with Crippen molar-refractivity contribution in [2.45, 2.75) is 72.3 Å². The zero-order chi connectivity index (χ0) is 34.6. The van der Waals surface area contributed by atoms with Crippen molar-refractivity contribution in [2.24, 2.45) is 5.92 Å². The van der Waals surface area contributed by atoms with Gasteiger partial charge in [-0.15, -0.1) is 0 Å². The van der Waals surface area contributed by atoms with Gasteiger partial charge >= 0.3 is 6.09 Å². The molecule has 0 saturated carbocycles. The van der Waals surface area contributed by atoms with Gasteiger partial charge in [0, 0.05) is 23.1 Å². The first-order valence-corrected chi connectivity index (χ1v) is 15.8. The van der Waals surface area contributed by atoms with Gasteiger partial charge in [-0.2, -0.15) is 5.26 Å². The van der Waals surface area contributed by atoms with Crippen LogP contribution in [-0.4, -0.2) is 33.7 Å². The number of amides is 2. The molecule has 2 heterocycles. The highest BCUT2D eigenvalue weighted by Gasteiger charge is 2.33. The summed E-state index contributed by atoms with van der Waals surface area (Å²) in [5, 5.41) is 27.1. The number of benzene rings is 3. The second-order valence-corrected chi connectivity index (χ2v) is 13.1. The number of phenolic OH excluding ortho intramolecular Hbond substituents is 1. The maximum absolute atomic E-state index is 13.9. The molecule has 10 heteroatoms. The number of aromatic hydroxyl groups is 1. The summed E-state index contributed by atoms with van der Waals surface area (Å²) in [4.78, 5) is 31.4. The maximum atomic E-state index is 13.9. The maximum Gasteiger partial charge on any atom is 0.408 e. The Hall–Kier alpha value is -5.56. The molecule has 3 N–H and O–H groups in total. The van der Waals surface area contributed by atoms with Crippen molar-refractivity contribution in [3.63, 3.8) is 0 Å². The molecule has 1 aromatic heterocycles. The fourth-order valence-corrected chi connectivity index (χ4v) is 5.55. The molecule has 48 heavy (non-hydrogen) atoms. The molecule has 0 saturated heterocycles. The molecule has 2 atom stereocenters. The van der Waals surface area contributed by atoms with E-state index >= 15 is 0 Å². The van der Waals surface area contributed by atoms with Gasteiger partial charge in [-0.25, -0.2) is 9.78 Å². The molecule has 0 aliphatic carbocycles. The van der Waals surface area contributed by atoms with E-state index in [1.807, 2.05) is 69.3 Å². The number of para-hydroxylation sites is 1. The lowest BCUT2D eigenvalue weighted by molar-refractivity contribution is -0.124. The monoisotopic (exact) mass is 648 g/mol. The van der Waals surface area contributed by atoms with E-state index in [0.29, 0.717) is 28.0 Å². The summed E-state index contributed by atoms with van der Waals surface area (Å²) in [6, 6.07) is 22.4. The molecule has 5 rings (SSSR count). The third-order valence-corrected chi connectivity index (χ3v) is 7.89. The lowest BCUT2D eigenvalue weighted by Gasteiger charge is -2.26. The molecular formula is C38H40N4O6. The molecule has 248 valence electrons. The second-order valence-electron chi connectivity index (χ2n) is 13.1. The Kier molecular flexibility index (Phi) is 9.89. The number of phenols is 1. The van der Waals surface area contributed by atoms with E-state index in [1.165, 1.54) is 0 Å². The molecule has 10 nitrogen and oxygen atoms in total. The standard InChI is InChI=1S/C38H40N4O6/c1-22(2)33-36-40-29(20-39)34(47-36)32(26-14-10-11-15-30(26)43)23(3)27-18-25(16-17-31(27)46-21-24-12-8-7-9-13-24)19-28(35(44)42-33)41-37(45)48-38(4,5)6/h7-18,22,28,33,43H,19,21H2,1-6H3,(H,41,45)(H,42,44)/b32-23+/t28-,33-/m0/s1. The van der Waals surface area contributed by atoms with Crippen molar-refractivity contribution in [1.29, 1.82) is 5.26 Å². The Balaban J connectivity index is 1.75.